The van der Waals surface area contributed by atoms with Crippen LogP contribution in [0.5, 0.6) is 0 Å². The fourth-order valence-electron chi connectivity index (χ4n) is 2.59. The van der Waals surface area contributed by atoms with Gasteiger partial charge in [0, 0.05) is 12.1 Å². The lowest BCUT2D eigenvalue weighted by atomic mass is 10.1. The lowest BCUT2D eigenvalue weighted by Crippen LogP contribution is -2.32. The quantitative estimate of drug-likeness (QED) is 0.516. The third-order valence-corrected chi connectivity index (χ3v) is 4.01. The third kappa shape index (κ3) is 10.8. The number of amides is 2. The summed E-state index contributed by atoms with van der Waals surface area (Å²) in [6.45, 7) is 2.27. The van der Waals surface area contributed by atoms with Gasteiger partial charge in [-0.2, -0.15) is 0 Å². The zero-order valence-electron chi connectivity index (χ0n) is 15.0. The third-order valence-electron chi connectivity index (χ3n) is 4.01. The van der Waals surface area contributed by atoms with Gasteiger partial charge in [-0.1, -0.05) is 76.5 Å². The number of hydrogen-bond acceptors (Lipinski definition) is 2. The van der Waals surface area contributed by atoms with Crippen LogP contribution in [-0.4, -0.2) is 18.4 Å². The molecule has 4 nitrogen and oxygen atoms in total. The maximum Gasteiger partial charge on any atom is 0.243 e. The Labute approximate surface area is 146 Å². The van der Waals surface area contributed by atoms with Gasteiger partial charge in [0.1, 0.15) is 0 Å². The fourth-order valence-corrected chi connectivity index (χ4v) is 2.59. The largest absolute Gasteiger partial charge is 0.347 e. The van der Waals surface area contributed by atoms with Crippen molar-refractivity contribution < 1.29 is 9.59 Å². The molecule has 0 aliphatic rings. The Balaban J connectivity index is 1.95. The number of rotatable bonds is 13. The van der Waals surface area contributed by atoms with Crippen LogP contribution < -0.4 is 10.6 Å². The van der Waals surface area contributed by atoms with Gasteiger partial charge in [-0.15, -0.1) is 0 Å². The van der Waals surface area contributed by atoms with Gasteiger partial charge in [-0.25, -0.2) is 0 Å². The molecule has 0 saturated heterocycles. The molecule has 0 aliphatic carbocycles. The van der Waals surface area contributed by atoms with E-state index < -0.39 is 0 Å². The summed E-state index contributed by atoms with van der Waals surface area (Å²) in [7, 11) is 0. The lowest BCUT2D eigenvalue weighted by molar-refractivity contribution is -0.124. The Morgan fingerprint density at radius 2 is 1.38 bits per heavy atom. The minimum atomic E-state index is -0.193. The predicted molar refractivity (Wildman–Crippen MR) is 99.9 cm³/mol. The van der Waals surface area contributed by atoms with E-state index >= 15 is 0 Å². The zero-order chi connectivity index (χ0) is 17.5. The second-order valence-electron chi connectivity index (χ2n) is 6.27. The lowest BCUT2D eigenvalue weighted by Gasteiger charge is -2.07. The first-order valence-electron chi connectivity index (χ1n) is 9.34. The van der Waals surface area contributed by atoms with Crippen molar-refractivity contribution in [1.82, 2.24) is 5.32 Å². The highest BCUT2D eigenvalue weighted by atomic mass is 16.2. The Hall–Kier alpha value is -1.84. The zero-order valence-corrected chi connectivity index (χ0v) is 15.0. The monoisotopic (exact) mass is 332 g/mol. The number of anilines is 1. The molecule has 1 aromatic carbocycles. The molecule has 0 atom stereocenters. The summed E-state index contributed by atoms with van der Waals surface area (Å²) in [6.07, 6.45) is 11.6. The smallest absolute Gasteiger partial charge is 0.243 e. The van der Waals surface area contributed by atoms with Crippen molar-refractivity contribution in [3.05, 3.63) is 30.3 Å². The van der Waals surface area contributed by atoms with E-state index in [1.807, 2.05) is 30.3 Å². The molecule has 0 fully saturated rings. The van der Waals surface area contributed by atoms with E-state index in [0.29, 0.717) is 6.42 Å². The van der Waals surface area contributed by atoms with Crippen molar-refractivity contribution in [3.8, 4) is 0 Å². The van der Waals surface area contributed by atoms with Crippen molar-refractivity contribution in [1.29, 1.82) is 0 Å². The number of benzene rings is 1. The van der Waals surface area contributed by atoms with Crippen LogP contribution >= 0.6 is 0 Å². The standard InChI is InChI=1S/C20H32N2O2/c1-2-3-4-5-6-7-8-9-13-16-19(23)21-17-20(24)22-18-14-11-10-12-15-18/h10-12,14-15H,2-9,13,16-17H2,1H3,(H,21,23)(H,22,24). The molecule has 2 N–H and O–H groups in total. The van der Waals surface area contributed by atoms with E-state index in [1.165, 1.54) is 44.9 Å². The minimum absolute atomic E-state index is 0.0329. The topological polar surface area (TPSA) is 58.2 Å². The molecule has 1 aromatic rings. The van der Waals surface area contributed by atoms with Crippen LogP contribution in [0.25, 0.3) is 0 Å². The van der Waals surface area contributed by atoms with E-state index in [4.69, 9.17) is 0 Å². The number of carbonyl (C=O) groups excluding carboxylic acids is 2. The van der Waals surface area contributed by atoms with Gasteiger partial charge >= 0.3 is 0 Å². The molecule has 2 amide bonds. The molecule has 0 heterocycles. The summed E-state index contributed by atoms with van der Waals surface area (Å²) in [5, 5.41) is 5.43. The summed E-state index contributed by atoms with van der Waals surface area (Å²) in [5.74, 6) is -0.234. The van der Waals surface area contributed by atoms with Crippen molar-refractivity contribution >= 4 is 17.5 Å². The second kappa shape index (κ2) is 13.6. The Kier molecular flexibility index (Phi) is 11.4. The van der Waals surface area contributed by atoms with Gasteiger partial charge in [-0.3, -0.25) is 9.59 Å². The van der Waals surface area contributed by atoms with E-state index in [1.54, 1.807) is 0 Å². The first-order valence-corrected chi connectivity index (χ1v) is 9.34. The molecule has 0 radical (unpaired) electrons. The highest BCUT2D eigenvalue weighted by molar-refractivity contribution is 5.94. The molecule has 0 bridgehead atoms. The number of hydrogen-bond donors (Lipinski definition) is 2. The van der Waals surface area contributed by atoms with Gasteiger partial charge in [0.15, 0.2) is 0 Å². The molecule has 4 heteroatoms. The Bertz CT molecular complexity index is 460. The molecule has 134 valence electrons. The minimum Gasteiger partial charge on any atom is -0.347 e. The van der Waals surface area contributed by atoms with Gasteiger partial charge in [0.25, 0.3) is 0 Å². The molecular weight excluding hydrogens is 300 g/mol. The normalized spacial score (nSPS) is 10.4. The van der Waals surface area contributed by atoms with Gasteiger partial charge < -0.3 is 10.6 Å². The van der Waals surface area contributed by atoms with Gasteiger partial charge in [0.2, 0.25) is 11.8 Å². The molecule has 24 heavy (non-hydrogen) atoms. The van der Waals surface area contributed by atoms with Crippen LogP contribution in [-0.2, 0) is 9.59 Å². The summed E-state index contributed by atoms with van der Waals surface area (Å²) >= 11 is 0. The average molecular weight is 332 g/mol. The maximum atomic E-state index is 11.7. The molecule has 0 aromatic heterocycles. The molecule has 0 unspecified atom stereocenters. The SMILES string of the molecule is CCCCCCCCCCCC(=O)NCC(=O)Nc1ccccc1. The molecule has 0 spiro atoms. The predicted octanol–water partition coefficient (Wildman–Crippen LogP) is 4.66. The molecular formula is C20H32N2O2. The first-order chi connectivity index (χ1) is 11.7. The fraction of sp³-hybridized carbons (Fsp3) is 0.600. The summed E-state index contributed by atoms with van der Waals surface area (Å²) in [6, 6.07) is 9.25. The highest BCUT2D eigenvalue weighted by Gasteiger charge is 2.05. The van der Waals surface area contributed by atoms with Gasteiger partial charge in [-0.05, 0) is 18.6 Å². The van der Waals surface area contributed by atoms with Crippen LogP contribution in [0.1, 0.15) is 71.1 Å². The summed E-state index contributed by atoms with van der Waals surface area (Å²) < 4.78 is 0. The highest BCUT2D eigenvalue weighted by Crippen LogP contribution is 2.10. The van der Waals surface area contributed by atoms with Crippen LogP contribution in [0.15, 0.2) is 30.3 Å². The second-order valence-corrected chi connectivity index (χ2v) is 6.27. The van der Waals surface area contributed by atoms with Crippen molar-refractivity contribution in [3.63, 3.8) is 0 Å². The summed E-state index contributed by atoms with van der Waals surface area (Å²) in [5.41, 5.74) is 0.746. The van der Waals surface area contributed by atoms with Crippen molar-refractivity contribution in [2.75, 3.05) is 11.9 Å². The molecule has 1 rings (SSSR count). The average Bonchev–Trinajstić information content (AvgIpc) is 2.59. The van der Waals surface area contributed by atoms with Crippen LogP contribution in [0, 0.1) is 0 Å². The van der Waals surface area contributed by atoms with E-state index in [0.717, 1.165) is 18.5 Å². The number of carbonyl (C=O) groups is 2. The van der Waals surface area contributed by atoms with Crippen molar-refractivity contribution in [2.45, 2.75) is 71.1 Å². The van der Waals surface area contributed by atoms with Crippen LogP contribution in [0.2, 0.25) is 0 Å². The Morgan fingerprint density at radius 1 is 0.792 bits per heavy atom. The molecule has 0 saturated carbocycles. The van der Waals surface area contributed by atoms with Crippen molar-refractivity contribution in [2.24, 2.45) is 0 Å². The van der Waals surface area contributed by atoms with Crippen LogP contribution in [0.3, 0.4) is 0 Å². The summed E-state index contributed by atoms with van der Waals surface area (Å²) in [4.78, 5) is 23.4. The van der Waals surface area contributed by atoms with Crippen LogP contribution in [0.4, 0.5) is 5.69 Å². The van der Waals surface area contributed by atoms with E-state index in [-0.39, 0.29) is 18.4 Å². The number of para-hydroxylation sites is 1. The number of unbranched alkanes of at least 4 members (excludes halogenated alkanes) is 8. The molecule has 0 aliphatic heterocycles. The van der Waals surface area contributed by atoms with E-state index in [9.17, 15) is 9.59 Å². The Morgan fingerprint density at radius 3 is 2.00 bits per heavy atom. The maximum absolute atomic E-state index is 11.7. The first kappa shape index (κ1) is 20.2. The van der Waals surface area contributed by atoms with Gasteiger partial charge in [0.05, 0.1) is 6.54 Å². The van der Waals surface area contributed by atoms with E-state index in [2.05, 4.69) is 17.6 Å². The number of nitrogens with one attached hydrogen (secondary N) is 2.